The number of carbonyl (C=O) groups is 1. The number of carboxylic acids is 1. The smallest absolute Gasteiger partial charge is 0.308 e. The zero-order valence-electron chi connectivity index (χ0n) is 12.1. The van der Waals surface area contributed by atoms with Crippen LogP contribution in [0, 0.1) is 0 Å². The van der Waals surface area contributed by atoms with Crippen LogP contribution in [-0.2, 0) is 21.2 Å². The lowest BCUT2D eigenvalue weighted by molar-refractivity contribution is -0.136. The van der Waals surface area contributed by atoms with Crippen LogP contribution < -0.4 is 0 Å². The van der Waals surface area contributed by atoms with E-state index in [2.05, 4.69) is 0 Å². The van der Waals surface area contributed by atoms with Gasteiger partial charge in [0.25, 0.3) is 10.0 Å². The molecule has 0 saturated heterocycles. The minimum atomic E-state index is -3.51. The van der Waals surface area contributed by atoms with Crippen LogP contribution in [-0.4, -0.2) is 36.4 Å². The van der Waals surface area contributed by atoms with Crippen molar-refractivity contribution < 1.29 is 18.3 Å². The van der Waals surface area contributed by atoms with E-state index >= 15 is 0 Å². The van der Waals surface area contributed by atoms with Crippen molar-refractivity contribution in [1.29, 1.82) is 0 Å². The highest BCUT2D eigenvalue weighted by Crippen LogP contribution is 2.30. The van der Waals surface area contributed by atoms with E-state index in [-0.39, 0.29) is 16.7 Å². The first kappa shape index (κ1) is 16.5. The van der Waals surface area contributed by atoms with Crippen LogP contribution in [0.1, 0.15) is 43.9 Å². The normalized spacial score (nSPS) is 17.2. The molecular formula is C14H21NO4S2. The zero-order valence-corrected chi connectivity index (χ0v) is 13.8. The van der Waals surface area contributed by atoms with Gasteiger partial charge < -0.3 is 5.11 Å². The first-order valence-electron chi connectivity index (χ1n) is 7.27. The Bertz CT molecular complexity index is 588. The summed E-state index contributed by atoms with van der Waals surface area (Å²) in [6.45, 7) is 2.32. The second kappa shape index (κ2) is 6.89. The molecule has 1 heterocycles. The van der Waals surface area contributed by atoms with Crippen molar-refractivity contribution in [1.82, 2.24) is 4.31 Å². The fraction of sp³-hybridized carbons (Fsp3) is 0.643. The molecule has 2 rings (SSSR count). The maximum atomic E-state index is 12.8. The molecule has 1 fully saturated rings. The molecule has 1 aliphatic rings. The third kappa shape index (κ3) is 3.84. The first-order chi connectivity index (χ1) is 9.95. The van der Waals surface area contributed by atoms with Crippen molar-refractivity contribution in [3.63, 3.8) is 0 Å². The number of rotatable bonds is 6. The molecule has 0 radical (unpaired) electrons. The molecule has 0 spiro atoms. The fourth-order valence-electron chi connectivity index (χ4n) is 2.85. The minimum Gasteiger partial charge on any atom is -0.481 e. The molecule has 0 bridgehead atoms. The van der Waals surface area contributed by atoms with Crippen LogP contribution in [0.4, 0.5) is 0 Å². The van der Waals surface area contributed by atoms with Gasteiger partial charge in [-0.05, 0) is 25.0 Å². The van der Waals surface area contributed by atoms with E-state index < -0.39 is 16.0 Å². The van der Waals surface area contributed by atoms with Crippen molar-refractivity contribution in [3.8, 4) is 0 Å². The molecule has 21 heavy (non-hydrogen) atoms. The second-order valence-corrected chi connectivity index (χ2v) is 8.58. The van der Waals surface area contributed by atoms with Gasteiger partial charge in [0.1, 0.15) is 4.21 Å². The minimum absolute atomic E-state index is 0.0822. The van der Waals surface area contributed by atoms with E-state index in [1.807, 2.05) is 6.92 Å². The summed E-state index contributed by atoms with van der Waals surface area (Å²) in [7, 11) is -3.51. The van der Waals surface area contributed by atoms with Gasteiger partial charge in [-0.2, -0.15) is 4.31 Å². The molecule has 5 nitrogen and oxygen atoms in total. The van der Waals surface area contributed by atoms with Gasteiger partial charge in [0.2, 0.25) is 0 Å². The van der Waals surface area contributed by atoms with Crippen molar-refractivity contribution in [2.75, 3.05) is 6.54 Å². The molecular weight excluding hydrogens is 310 g/mol. The van der Waals surface area contributed by atoms with Gasteiger partial charge in [-0.25, -0.2) is 8.42 Å². The lowest BCUT2D eigenvalue weighted by atomic mass is 9.95. The number of hydrogen-bond donors (Lipinski definition) is 1. The van der Waals surface area contributed by atoms with E-state index in [0.717, 1.165) is 37.0 Å². The van der Waals surface area contributed by atoms with Crippen molar-refractivity contribution in [2.45, 2.75) is 55.7 Å². The topological polar surface area (TPSA) is 74.7 Å². The SMILES string of the molecule is CCN(C1CCCCC1)S(=O)(=O)c1ccc(CC(=O)O)s1. The van der Waals surface area contributed by atoms with Crippen LogP contribution in [0.25, 0.3) is 0 Å². The quantitative estimate of drug-likeness (QED) is 0.870. The molecule has 0 atom stereocenters. The van der Waals surface area contributed by atoms with E-state index in [1.165, 1.54) is 12.5 Å². The molecule has 7 heteroatoms. The Hall–Kier alpha value is -0.920. The fourth-order valence-corrected chi connectivity index (χ4v) is 6.02. The molecule has 1 aromatic rings. The summed E-state index contributed by atoms with van der Waals surface area (Å²) in [4.78, 5) is 11.3. The summed E-state index contributed by atoms with van der Waals surface area (Å²) < 4.78 is 27.3. The molecule has 0 unspecified atom stereocenters. The predicted octanol–water partition coefficient (Wildman–Crippen LogP) is 2.72. The number of thiophene rings is 1. The molecule has 0 amide bonds. The molecule has 0 aromatic carbocycles. The van der Waals surface area contributed by atoms with Crippen LogP contribution >= 0.6 is 11.3 Å². The largest absolute Gasteiger partial charge is 0.481 e. The third-order valence-corrected chi connectivity index (χ3v) is 7.40. The van der Waals surface area contributed by atoms with Crippen LogP contribution in [0.2, 0.25) is 0 Å². The number of aliphatic carboxylic acids is 1. The van der Waals surface area contributed by atoms with Crippen molar-refractivity contribution >= 4 is 27.3 Å². The Morgan fingerprint density at radius 3 is 2.57 bits per heavy atom. The average Bonchev–Trinajstić information content (AvgIpc) is 2.89. The lowest BCUT2D eigenvalue weighted by Gasteiger charge is -2.32. The summed E-state index contributed by atoms with van der Waals surface area (Å²) in [6, 6.07) is 3.21. The molecule has 1 aromatic heterocycles. The van der Waals surface area contributed by atoms with Gasteiger partial charge in [-0.3, -0.25) is 4.79 Å². The monoisotopic (exact) mass is 331 g/mol. The van der Waals surface area contributed by atoms with Crippen LogP contribution in [0.3, 0.4) is 0 Å². The average molecular weight is 331 g/mol. The van der Waals surface area contributed by atoms with E-state index in [0.29, 0.717) is 11.4 Å². The number of sulfonamides is 1. The zero-order chi connectivity index (χ0) is 15.5. The van der Waals surface area contributed by atoms with E-state index in [1.54, 1.807) is 10.4 Å². The molecule has 1 N–H and O–H groups in total. The van der Waals surface area contributed by atoms with E-state index in [4.69, 9.17) is 5.11 Å². The predicted molar refractivity (Wildman–Crippen MR) is 82.1 cm³/mol. The third-order valence-electron chi connectivity index (χ3n) is 3.82. The summed E-state index contributed by atoms with van der Waals surface area (Å²) in [5.41, 5.74) is 0. The summed E-state index contributed by atoms with van der Waals surface area (Å²) in [5.74, 6) is -0.944. The maximum Gasteiger partial charge on any atom is 0.308 e. The maximum absolute atomic E-state index is 12.8. The van der Waals surface area contributed by atoms with Gasteiger partial charge in [0.05, 0.1) is 6.42 Å². The molecule has 0 aliphatic heterocycles. The Morgan fingerprint density at radius 2 is 2.00 bits per heavy atom. The van der Waals surface area contributed by atoms with Crippen molar-refractivity contribution in [2.24, 2.45) is 0 Å². The summed E-state index contributed by atoms with van der Waals surface area (Å²) in [6.07, 6.45) is 5.03. The Labute approximate surface area is 129 Å². The summed E-state index contributed by atoms with van der Waals surface area (Å²) >= 11 is 1.07. The molecule has 118 valence electrons. The van der Waals surface area contributed by atoms with Crippen molar-refractivity contribution in [3.05, 3.63) is 17.0 Å². The summed E-state index contributed by atoms with van der Waals surface area (Å²) in [5, 5.41) is 8.78. The Kier molecular flexibility index (Phi) is 5.40. The Morgan fingerprint density at radius 1 is 1.33 bits per heavy atom. The highest BCUT2D eigenvalue weighted by molar-refractivity contribution is 7.91. The van der Waals surface area contributed by atoms with Gasteiger partial charge in [0, 0.05) is 17.5 Å². The number of hydrogen-bond acceptors (Lipinski definition) is 4. The Balaban J connectivity index is 2.21. The van der Waals surface area contributed by atoms with Crippen LogP contribution in [0.5, 0.6) is 0 Å². The number of carboxylic acid groups (broad SMARTS) is 1. The lowest BCUT2D eigenvalue weighted by Crippen LogP contribution is -2.40. The highest BCUT2D eigenvalue weighted by Gasteiger charge is 2.32. The van der Waals surface area contributed by atoms with E-state index in [9.17, 15) is 13.2 Å². The molecule has 1 aliphatic carbocycles. The van der Waals surface area contributed by atoms with Gasteiger partial charge in [-0.1, -0.05) is 26.2 Å². The number of nitrogens with zero attached hydrogens (tertiary/aromatic N) is 1. The first-order valence-corrected chi connectivity index (χ1v) is 9.53. The molecule has 1 saturated carbocycles. The highest BCUT2D eigenvalue weighted by atomic mass is 32.2. The van der Waals surface area contributed by atoms with Gasteiger partial charge in [-0.15, -0.1) is 11.3 Å². The van der Waals surface area contributed by atoms with Gasteiger partial charge >= 0.3 is 5.97 Å². The van der Waals surface area contributed by atoms with Crippen LogP contribution in [0.15, 0.2) is 16.3 Å². The second-order valence-electron chi connectivity index (χ2n) is 5.29. The standard InChI is InChI=1S/C14H21NO4S2/c1-2-15(11-6-4-3-5-7-11)21(18,19)14-9-8-12(20-14)10-13(16)17/h8-9,11H,2-7,10H2,1H3,(H,16,17). The van der Waals surface area contributed by atoms with Gasteiger partial charge in [0.15, 0.2) is 0 Å².